The van der Waals surface area contributed by atoms with Gasteiger partial charge in [0.05, 0.1) is 6.61 Å². The first-order valence-corrected chi connectivity index (χ1v) is 6.41. The van der Waals surface area contributed by atoms with E-state index in [4.69, 9.17) is 0 Å². The van der Waals surface area contributed by atoms with Crippen LogP contribution in [0.25, 0.3) is 0 Å². The molecule has 1 heterocycles. The van der Waals surface area contributed by atoms with Crippen LogP contribution in [0.1, 0.15) is 39.4 Å². The predicted octanol–water partition coefficient (Wildman–Crippen LogP) is 2.02. The Bertz CT molecular complexity index is 366. The van der Waals surface area contributed by atoms with Gasteiger partial charge in [-0.3, -0.25) is 0 Å². The highest BCUT2D eigenvalue weighted by molar-refractivity contribution is 7.09. The normalized spacial score (nSPS) is 18.5. The van der Waals surface area contributed by atoms with E-state index in [1.165, 1.54) is 11.5 Å². The van der Waals surface area contributed by atoms with Crippen LogP contribution >= 0.6 is 11.5 Å². The largest absolute Gasteiger partial charge is 0.396 e. The molecule has 2 rings (SSSR count). The smallest absolute Gasteiger partial charge is 0.202 e. The maximum absolute atomic E-state index is 9.20. The van der Waals surface area contributed by atoms with Gasteiger partial charge in [0, 0.05) is 28.9 Å². The Morgan fingerprint density at radius 2 is 2.12 bits per heavy atom. The van der Waals surface area contributed by atoms with Crippen molar-refractivity contribution in [2.75, 3.05) is 18.5 Å². The van der Waals surface area contributed by atoms with E-state index in [1.54, 1.807) is 0 Å². The van der Waals surface area contributed by atoms with Crippen molar-refractivity contribution in [2.24, 2.45) is 5.41 Å². The Kier molecular flexibility index (Phi) is 2.92. The number of hydrogen-bond acceptors (Lipinski definition) is 5. The van der Waals surface area contributed by atoms with Gasteiger partial charge in [-0.25, -0.2) is 4.98 Å². The van der Waals surface area contributed by atoms with E-state index in [2.05, 4.69) is 35.4 Å². The summed E-state index contributed by atoms with van der Waals surface area (Å²) in [4.78, 5) is 4.46. The zero-order valence-electron chi connectivity index (χ0n) is 10.1. The lowest BCUT2D eigenvalue weighted by Gasteiger charge is -2.13. The van der Waals surface area contributed by atoms with Crippen LogP contribution in [0.4, 0.5) is 5.13 Å². The Morgan fingerprint density at radius 3 is 2.56 bits per heavy atom. The van der Waals surface area contributed by atoms with Gasteiger partial charge in [-0.15, -0.1) is 0 Å². The predicted molar refractivity (Wildman–Crippen MR) is 65.9 cm³/mol. The van der Waals surface area contributed by atoms with E-state index in [9.17, 15) is 5.11 Å². The van der Waals surface area contributed by atoms with Crippen LogP contribution in [0.15, 0.2) is 0 Å². The van der Waals surface area contributed by atoms with Crippen LogP contribution in [0.5, 0.6) is 0 Å². The standard InChI is InChI=1S/C11H19N3OS/c1-10(2,3)8-13-9(16-14-8)12-6-11(7-15)4-5-11/h15H,4-7H2,1-3H3,(H,12,13,14). The number of nitrogens with one attached hydrogen (secondary N) is 1. The zero-order chi connectivity index (χ0) is 11.8. The third-order valence-electron chi connectivity index (χ3n) is 3.00. The van der Waals surface area contributed by atoms with Gasteiger partial charge >= 0.3 is 0 Å². The van der Waals surface area contributed by atoms with Crippen molar-refractivity contribution in [1.82, 2.24) is 9.36 Å². The molecule has 90 valence electrons. The summed E-state index contributed by atoms with van der Waals surface area (Å²) in [5.74, 6) is 0.883. The molecule has 1 aromatic rings. The highest BCUT2D eigenvalue weighted by Gasteiger charge is 2.41. The summed E-state index contributed by atoms with van der Waals surface area (Å²) >= 11 is 1.40. The van der Waals surface area contributed by atoms with E-state index in [1.807, 2.05) is 0 Å². The minimum Gasteiger partial charge on any atom is -0.396 e. The molecule has 0 atom stereocenters. The van der Waals surface area contributed by atoms with Gasteiger partial charge in [0.15, 0.2) is 0 Å². The average molecular weight is 241 g/mol. The quantitative estimate of drug-likeness (QED) is 0.846. The molecule has 0 aromatic carbocycles. The van der Waals surface area contributed by atoms with Crippen molar-refractivity contribution in [3.63, 3.8) is 0 Å². The van der Waals surface area contributed by atoms with Gasteiger partial charge in [-0.05, 0) is 12.8 Å². The van der Waals surface area contributed by atoms with Gasteiger partial charge in [0.2, 0.25) is 5.13 Å². The Morgan fingerprint density at radius 1 is 1.44 bits per heavy atom. The number of hydrogen-bond donors (Lipinski definition) is 2. The molecule has 1 aliphatic rings. The molecule has 1 aliphatic carbocycles. The van der Waals surface area contributed by atoms with Crippen LogP contribution < -0.4 is 5.32 Å². The topological polar surface area (TPSA) is 58.0 Å². The average Bonchev–Trinajstić information content (AvgIpc) is 2.83. The lowest BCUT2D eigenvalue weighted by atomic mass is 9.96. The molecular formula is C11H19N3OS. The van der Waals surface area contributed by atoms with Crippen LogP contribution in [0.2, 0.25) is 0 Å². The fourth-order valence-corrected chi connectivity index (χ4v) is 2.18. The Hall–Kier alpha value is -0.680. The fraction of sp³-hybridized carbons (Fsp3) is 0.818. The Balaban J connectivity index is 1.93. The minimum atomic E-state index is 0.00464. The van der Waals surface area contributed by atoms with Gasteiger partial charge in [-0.1, -0.05) is 20.8 Å². The summed E-state index contributed by atoms with van der Waals surface area (Å²) in [7, 11) is 0. The summed E-state index contributed by atoms with van der Waals surface area (Å²) in [6, 6.07) is 0. The molecule has 1 fully saturated rings. The highest BCUT2D eigenvalue weighted by Crippen LogP contribution is 2.45. The third kappa shape index (κ3) is 2.52. The van der Waals surface area contributed by atoms with E-state index in [-0.39, 0.29) is 17.4 Å². The highest BCUT2D eigenvalue weighted by atomic mass is 32.1. The van der Waals surface area contributed by atoms with Crippen molar-refractivity contribution >= 4 is 16.7 Å². The number of aliphatic hydroxyl groups excluding tert-OH is 1. The molecule has 2 N–H and O–H groups in total. The number of aliphatic hydroxyl groups is 1. The first kappa shape index (κ1) is 11.8. The lowest BCUT2D eigenvalue weighted by Crippen LogP contribution is -2.19. The first-order valence-electron chi connectivity index (χ1n) is 5.64. The molecule has 16 heavy (non-hydrogen) atoms. The van der Waals surface area contributed by atoms with Crippen molar-refractivity contribution in [3.8, 4) is 0 Å². The molecule has 0 spiro atoms. The van der Waals surface area contributed by atoms with Crippen LogP contribution in [0.3, 0.4) is 0 Å². The lowest BCUT2D eigenvalue weighted by molar-refractivity contribution is 0.220. The second-order valence-corrected chi connectivity index (χ2v) is 6.44. The number of rotatable bonds is 4. The maximum atomic E-state index is 9.20. The zero-order valence-corrected chi connectivity index (χ0v) is 10.9. The Labute approximate surface area is 100 Å². The maximum Gasteiger partial charge on any atom is 0.202 e. The molecule has 1 saturated carbocycles. The van der Waals surface area contributed by atoms with Gasteiger partial charge in [0.1, 0.15) is 5.82 Å². The molecule has 4 nitrogen and oxygen atoms in total. The third-order valence-corrected chi connectivity index (χ3v) is 3.68. The van der Waals surface area contributed by atoms with Crippen LogP contribution in [-0.4, -0.2) is 27.6 Å². The van der Waals surface area contributed by atoms with E-state index in [0.29, 0.717) is 0 Å². The second-order valence-electron chi connectivity index (χ2n) is 5.68. The number of aromatic nitrogens is 2. The summed E-state index contributed by atoms with van der Waals surface area (Å²) in [6.07, 6.45) is 2.23. The summed E-state index contributed by atoms with van der Waals surface area (Å²) in [5, 5.41) is 13.3. The molecule has 0 bridgehead atoms. The van der Waals surface area contributed by atoms with Gasteiger partial charge in [-0.2, -0.15) is 4.37 Å². The summed E-state index contributed by atoms with van der Waals surface area (Å²) < 4.78 is 4.34. The van der Waals surface area contributed by atoms with E-state index < -0.39 is 0 Å². The summed E-state index contributed by atoms with van der Waals surface area (Å²) in [6.45, 7) is 7.39. The molecule has 0 saturated heterocycles. The molecule has 5 heteroatoms. The van der Waals surface area contributed by atoms with E-state index in [0.717, 1.165) is 30.3 Å². The van der Waals surface area contributed by atoms with Crippen molar-refractivity contribution in [3.05, 3.63) is 5.82 Å². The number of anilines is 1. The molecule has 0 amide bonds. The molecule has 0 unspecified atom stereocenters. The van der Waals surface area contributed by atoms with Crippen molar-refractivity contribution in [2.45, 2.75) is 39.0 Å². The molecule has 1 aromatic heterocycles. The molecule has 0 radical (unpaired) electrons. The van der Waals surface area contributed by atoms with Gasteiger partial charge < -0.3 is 10.4 Å². The minimum absolute atomic E-state index is 0.00464. The van der Waals surface area contributed by atoms with Gasteiger partial charge in [0.25, 0.3) is 0 Å². The molecular weight excluding hydrogens is 222 g/mol. The second kappa shape index (κ2) is 3.96. The van der Waals surface area contributed by atoms with E-state index >= 15 is 0 Å². The molecule has 0 aliphatic heterocycles. The fourth-order valence-electron chi connectivity index (χ4n) is 1.43. The van der Waals surface area contributed by atoms with Crippen LogP contribution in [0, 0.1) is 5.41 Å². The number of nitrogens with zero attached hydrogens (tertiary/aromatic N) is 2. The monoisotopic (exact) mass is 241 g/mol. The van der Waals surface area contributed by atoms with Crippen molar-refractivity contribution in [1.29, 1.82) is 0 Å². The SMILES string of the molecule is CC(C)(C)c1nsc(NCC2(CO)CC2)n1. The first-order chi connectivity index (χ1) is 7.45. The van der Waals surface area contributed by atoms with Crippen LogP contribution in [-0.2, 0) is 5.41 Å². The summed E-state index contributed by atoms with van der Waals surface area (Å²) in [5.41, 5.74) is 0.123. The van der Waals surface area contributed by atoms with Crippen molar-refractivity contribution < 1.29 is 5.11 Å².